The standard InChI is InChI=1S/C11H12BrN5/c12-8-5-14-17(7-8)11-4-3-10(15-16-11)6-13-9-1-2-9/h3-5,7,9,13H,1-2,6H2. The Hall–Kier alpha value is -1.27. The zero-order chi connectivity index (χ0) is 11.7. The molecule has 0 spiro atoms. The van der Waals surface area contributed by atoms with Crippen LogP contribution in [0.3, 0.4) is 0 Å². The van der Waals surface area contributed by atoms with Crippen molar-refractivity contribution in [3.05, 3.63) is 34.7 Å². The fourth-order valence-corrected chi connectivity index (χ4v) is 1.82. The molecule has 1 aliphatic carbocycles. The predicted octanol–water partition coefficient (Wildman–Crippen LogP) is 1.68. The number of nitrogens with one attached hydrogen (secondary N) is 1. The van der Waals surface area contributed by atoms with Crippen LogP contribution in [0.15, 0.2) is 29.0 Å². The van der Waals surface area contributed by atoms with Gasteiger partial charge in [-0.25, -0.2) is 4.68 Å². The minimum absolute atomic E-state index is 0.693. The summed E-state index contributed by atoms with van der Waals surface area (Å²) in [5, 5.41) is 15.9. The molecule has 2 aromatic rings. The van der Waals surface area contributed by atoms with E-state index in [1.165, 1.54) is 12.8 Å². The third-order valence-corrected chi connectivity index (χ3v) is 3.05. The third kappa shape index (κ3) is 2.70. The quantitative estimate of drug-likeness (QED) is 0.932. The maximum Gasteiger partial charge on any atom is 0.175 e. The normalized spacial score (nSPS) is 15.1. The summed E-state index contributed by atoms with van der Waals surface area (Å²) in [6, 6.07) is 4.60. The Morgan fingerprint density at radius 2 is 2.24 bits per heavy atom. The van der Waals surface area contributed by atoms with Crippen molar-refractivity contribution in [2.45, 2.75) is 25.4 Å². The van der Waals surface area contributed by atoms with Crippen molar-refractivity contribution >= 4 is 15.9 Å². The van der Waals surface area contributed by atoms with Gasteiger partial charge in [-0.05, 0) is 40.9 Å². The van der Waals surface area contributed by atoms with E-state index >= 15 is 0 Å². The molecule has 6 heteroatoms. The van der Waals surface area contributed by atoms with Crippen LogP contribution in [0.5, 0.6) is 0 Å². The van der Waals surface area contributed by atoms with E-state index in [4.69, 9.17) is 0 Å². The molecule has 0 amide bonds. The Morgan fingerprint density at radius 1 is 1.35 bits per heavy atom. The van der Waals surface area contributed by atoms with Crippen molar-refractivity contribution in [2.24, 2.45) is 0 Å². The van der Waals surface area contributed by atoms with Crippen LogP contribution in [0.25, 0.3) is 5.82 Å². The van der Waals surface area contributed by atoms with E-state index in [2.05, 4.69) is 36.5 Å². The smallest absolute Gasteiger partial charge is 0.175 e. The first-order valence-corrected chi connectivity index (χ1v) is 6.37. The second-order valence-electron chi connectivity index (χ2n) is 4.14. The first-order chi connectivity index (χ1) is 8.31. The minimum atomic E-state index is 0.693. The topological polar surface area (TPSA) is 55.6 Å². The van der Waals surface area contributed by atoms with Gasteiger partial charge in [-0.15, -0.1) is 5.10 Å². The van der Waals surface area contributed by atoms with Crippen molar-refractivity contribution in [2.75, 3.05) is 0 Å². The Balaban J connectivity index is 1.70. The fraction of sp³-hybridized carbons (Fsp3) is 0.364. The average Bonchev–Trinajstić information content (AvgIpc) is 3.09. The van der Waals surface area contributed by atoms with Crippen LogP contribution < -0.4 is 5.32 Å². The van der Waals surface area contributed by atoms with Crippen LogP contribution >= 0.6 is 15.9 Å². The molecule has 1 saturated carbocycles. The molecule has 1 fully saturated rings. The van der Waals surface area contributed by atoms with Crippen LogP contribution in [-0.4, -0.2) is 26.0 Å². The van der Waals surface area contributed by atoms with E-state index in [1.54, 1.807) is 10.9 Å². The molecule has 0 saturated heterocycles. The Labute approximate surface area is 107 Å². The van der Waals surface area contributed by atoms with E-state index in [-0.39, 0.29) is 0 Å². The molecule has 0 unspecified atom stereocenters. The minimum Gasteiger partial charge on any atom is -0.308 e. The number of aromatic nitrogens is 4. The van der Waals surface area contributed by atoms with E-state index < -0.39 is 0 Å². The molecule has 0 aromatic carbocycles. The molecule has 17 heavy (non-hydrogen) atoms. The first-order valence-electron chi connectivity index (χ1n) is 5.58. The Morgan fingerprint density at radius 3 is 2.82 bits per heavy atom. The highest BCUT2D eigenvalue weighted by Crippen LogP contribution is 2.19. The van der Waals surface area contributed by atoms with Gasteiger partial charge in [0.2, 0.25) is 0 Å². The highest BCUT2D eigenvalue weighted by molar-refractivity contribution is 9.10. The molecule has 3 rings (SSSR count). The van der Waals surface area contributed by atoms with E-state index in [1.807, 2.05) is 18.3 Å². The van der Waals surface area contributed by atoms with E-state index in [0.29, 0.717) is 6.04 Å². The molecule has 1 N–H and O–H groups in total. The van der Waals surface area contributed by atoms with E-state index in [0.717, 1.165) is 22.5 Å². The molecule has 0 aliphatic heterocycles. The summed E-state index contributed by atoms with van der Waals surface area (Å²) in [4.78, 5) is 0. The summed E-state index contributed by atoms with van der Waals surface area (Å²) in [6.45, 7) is 0.792. The summed E-state index contributed by atoms with van der Waals surface area (Å²) in [6.07, 6.45) is 6.15. The van der Waals surface area contributed by atoms with Crippen LogP contribution in [0.4, 0.5) is 0 Å². The Bertz CT molecular complexity index is 503. The zero-order valence-corrected chi connectivity index (χ0v) is 10.8. The molecule has 88 valence electrons. The van der Waals surface area contributed by atoms with Gasteiger partial charge in [0.1, 0.15) is 0 Å². The SMILES string of the molecule is Brc1cnn(-c2ccc(CNC3CC3)nn2)c1. The van der Waals surface area contributed by atoms with Crippen molar-refractivity contribution in [1.29, 1.82) is 0 Å². The lowest BCUT2D eigenvalue weighted by Gasteiger charge is -2.03. The fourth-order valence-electron chi connectivity index (χ4n) is 1.53. The monoisotopic (exact) mass is 293 g/mol. The van der Waals surface area contributed by atoms with Crippen molar-refractivity contribution in [3.63, 3.8) is 0 Å². The van der Waals surface area contributed by atoms with Gasteiger partial charge in [0.15, 0.2) is 5.82 Å². The average molecular weight is 294 g/mol. The maximum atomic E-state index is 4.18. The molecule has 0 radical (unpaired) electrons. The van der Waals surface area contributed by atoms with Crippen LogP contribution in [-0.2, 0) is 6.54 Å². The maximum absolute atomic E-state index is 4.18. The predicted molar refractivity (Wildman–Crippen MR) is 66.7 cm³/mol. The van der Waals surface area contributed by atoms with Gasteiger partial charge in [-0.3, -0.25) is 0 Å². The second kappa shape index (κ2) is 4.54. The highest BCUT2D eigenvalue weighted by atomic mass is 79.9. The lowest BCUT2D eigenvalue weighted by atomic mass is 10.4. The summed E-state index contributed by atoms with van der Waals surface area (Å²) in [5.41, 5.74) is 0.965. The lowest BCUT2D eigenvalue weighted by molar-refractivity contribution is 0.661. The summed E-state index contributed by atoms with van der Waals surface area (Å²) in [5.74, 6) is 0.728. The van der Waals surface area contributed by atoms with Crippen LogP contribution in [0.2, 0.25) is 0 Å². The molecule has 1 aliphatic rings. The first kappa shape index (κ1) is 10.9. The van der Waals surface area contributed by atoms with Gasteiger partial charge in [-0.2, -0.15) is 10.2 Å². The van der Waals surface area contributed by atoms with Gasteiger partial charge >= 0.3 is 0 Å². The molecule has 2 aromatic heterocycles. The van der Waals surface area contributed by atoms with Crippen molar-refractivity contribution in [3.8, 4) is 5.82 Å². The zero-order valence-electron chi connectivity index (χ0n) is 9.17. The number of halogens is 1. The molecule has 0 bridgehead atoms. The highest BCUT2D eigenvalue weighted by Gasteiger charge is 2.20. The molecule has 0 atom stereocenters. The molecule has 2 heterocycles. The Kier molecular flexibility index (Phi) is 2.90. The number of hydrogen-bond donors (Lipinski definition) is 1. The summed E-state index contributed by atoms with van der Waals surface area (Å²) < 4.78 is 2.62. The van der Waals surface area contributed by atoms with Crippen LogP contribution in [0.1, 0.15) is 18.5 Å². The number of rotatable bonds is 4. The number of nitrogens with zero attached hydrogens (tertiary/aromatic N) is 4. The van der Waals surface area contributed by atoms with Crippen molar-refractivity contribution < 1.29 is 0 Å². The molecular weight excluding hydrogens is 282 g/mol. The van der Waals surface area contributed by atoms with Gasteiger partial charge in [0.25, 0.3) is 0 Å². The largest absolute Gasteiger partial charge is 0.308 e. The second-order valence-corrected chi connectivity index (χ2v) is 5.06. The van der Waals surface area contributed by atoms with Crippen LogP contribution in [0, 0.1) is 0 Å². The van der Waals surface area contributed by atoms with Gasteiger partial charge in [0, 0.05) is 18.8 Å². The third-order valence-electron chi connectivity index (χ3n) is 2.64. The van der Waals surface area contributed by atoms with Gasteiger partial charge in [-0.1, -0.05) is 0 Å². The lowest BCUT2D eigenvalue weighted by Crippen LogP contribution is -2.16. The number of hydrogen-bond acceptors (Lipinski definition) is 4. The molecule has 5 nitrogen and oxygen atoms in total. The summed E-state index contributed by atoms with van der Waals surface area (Å²) >= 11 is 3.35. The van der Waals surface area contributed by atoms with Gasteiger partial charge < -0.3 is 5.32 Å². The van der Waals surface area contributed by atoms with Crippen molar-refractivity contribution in [1.82, 2.24) is 25.3 Å². The molecular formula is C11H12BrN5. The van der Waals surface area contributed by atoms with Gasteiger partial charge in [0.05, 0.1) is 16.4 Å². The van der Waals surface area contributed by atoms with E-state index in [9.17, 15) is 0 Å². The summed E-state index contributed by atoms with van der Waals surface area (Å²) in [7, 11) is 0.